The van der Waals surface area contributed by atoms with Crippen LogP contribution >= 0.6 is 0 Å². The molecule has 2 heterocycles. The monoisotopic (exact) mass is 288 g/mol. The average molecular weight is 288 g/mol. The lowest BCUT2D eigenvalue weighted by Crippen LogP contribution is -2.40. The summed E-state index contributed by atoms with van der Waals surface area (Å²) in [6, 6.07) is 8.66. The minimum Gasteiger partial charge on any atom is -0.379 e. The van der Waals surface area contributed by atoms with E-state index in [-0.39, 0.29) is 11.3 Å². The van der Waals surface area contributed by atoms with Crippen LogP contribution in [0.4, 0.5) is 0 Å². The van der Waals surface area contributed by atoms with Gasteiger partial charge in [0.15, 0.2) is 0 Å². The molecule has 2 saturated heterocycles. The molecule has 1 aromatic rings. The molecule has 2 aliphatic heterocycles. The zero-order valence-corrected chi connectivity index (χ0v) is 13.0. The first kappa shape index (κ1) is 14.5. The van der Waals surface area contributed by atoms with Crippen molar-refractivity contribution in [2.24, 2.45) is 5.41 Å². The predicted octanol–water partition coefficient (Wildman–Crippen LogP) is 1.68. The molecule has 0 aliphatic carbocycles. The molecule has 0 saturated carbocycles. The van der Waals surface area contributed by atoms with E-state index >= 15 is 0 Å². The summed E-state index contributed by atoms with van der Waals surface area (Å²) in [4.78, 5) is 16.2. The first-order chi connectivity index (χ1) is 10.1. The maximum absolute atomic E-state index is 11.9. The van der Waals surface area contributed by atoms with Gasteiger partial charge >= 0.3 is 0 Å². The van der Waals surface area contributed by atoms with E-state index in [0.29, 0.717) is 13.0 Å². The molecule has 0 bridgehead atoms. The summed E-state index contributed by atoms with van der Waals surface area (Å²) in [5.41, 5.74) is 2.61. The zero-order valence-electron chi connectivity index (χ0n) is 13.0. The van der Waals surface area contributed by atoms with Crippen molar-refractivity contribution in [3.8, 4) is 0 Å². The minimum absolute atomic E-state index is 0.0217. The minimum atomic E-state index is -0.0217. The van der Waals surface area contributed by atoms with E-state index in [4.69, 9.17) is 4.74 Å². The SMILES string of the molecule is Cc1cccc(CN2CCOCC3(CC(=O)N(C)C3)C2)c1. The highest BCUT2D eigenvalue weighted by Gasteiger charge is 2.44. The Balaban J connectivity index is 1.72. The Kier molecular flexibility index (Phi) is 4.00. The zero-order chi connectivity index (χ0) is 14.9. The molecule has 2 fully saturated rings. The summed E-state index contributed by atoms with van der Waals surface area (Å²) in [5, 5.41) is 0. The third kappa shape index (κ3) is 3.27. The molecule has 114 valence electrons. The van der Waals surface area contributed by atoms with Crippen LogP contribution in [-0.4, -0.2) is 55.6 Å². The van der Waals surface area contributed by atoms with Crippen molar-refractivity contribution in [2.45, 2.75) is 19.9 Å². The normalized spacial score (nSPS) is 27.3. The Morgan fingerprint density at radius 1 is 1.33 bits per heavy atom. The van der Waals surface area contributed by atoms with Crippen molar-refractivity contribution in [1.29, 1.82) is 0 Å². The molecular weight excluding hydrogens is 264 g/mol. The van der Waals surface area contributed by atoms with Gasteiger partial charge in [-0.3, -0.25) is 9.69 Å². The predicted molar refractivity (Wildman–Crippen MR) is 82.0 cm³/mol. The number of benzene rings is 1. The Labute approximate surface area is 126 Å². The van der Waals surface area contributed by atoms with Crippen LogP contribution in [0.25, 0.3) is 0 Å². The number of amides is 1. The van der Waals surface area contributed by atoms with Crippen LogP contribution in [0.15, 0.2) is 24.3 Å². The first-order valence-electron chi connectivity index (χ1n) is 7.66. The van der Waals surface area contributed by atoms with Gasteiger partial charge in [-0.2, -0.15) is 0 Å². The van der Waals surface area contributed by atoms with Crippen LogP contribution in [0.5, 0.6) is 0 Å². The fraction of sp³-hybridized carbons (Fsp3) is 0.588. The van der Waals surface area contributed by atoms with Crippen molar-refractivity contribution >= 4 is 5.91 Å². The number of nitrogens with zero attached hydrogens (tertiary/aromatic N) is 2. The molecule has 0 radical (unpaired) electrons. The molecule has 4 heteroatoms. The lowest BCUT2D eigenvalue weighted by molar-refractivity contribution is -0.126. The molecule has 1 spiro atoms. The van der Waals surface area contributed by atoms with Gasteiger partial charge in [0, 0.05) is 45.1 Å². The van der Waals surface area contributed by atoms with Crippen molar-refractivity contribution in [3.05, 3.63) is 35.4 Å². The molecule has 1 unspecified atom stereocenters. The molecule has 4 nitrogen and oxygen atoms in total. The van der Waals surface area contributed by atoms with Gasteiger partial charge in [0.2, 0.25) is 5.91 Å². The molecule has 0 aromatic heterocycles. The highest BCUT2D eigenvalue weighted by molar-refractivity contribution is 5.79. The third-order valence-electron chi connectivity index (χ3n) is 4.53. The summed E-state index contributed by atoms with van der Waals surface area (Å²) >= 11 is 0. The van der Waals surface area contributed by atoms with E-state index in [1.54, 1.807) is 0 Å². The first-order valence-corrected chi connectivity index (χ1v) is 7.66. The quantitative estimate of drug-likeness (QED) is 0.830. The van der Waals surface area contributed by atoms with Crippen LogP contribution in [0.3, 0.4) is 0 Å². The van der Waals surface area contributed by atoms with Gasteiger partial charge in [-0.05, 0) is 12.5 Å². The average Bonchev–Trinajstić information content (AvgIpc) is 2.58. The van der Waals surface area contributed by atoms with Crippen LogP contribution in [-0.2, 0) is 16.1 Å². The van der Waals surface area contributed by atoms with Gasteiger partial charge in [0.1, 0.15) is 0 Å². The van der Waals surface area contributed by atoms with Crippen molar-refractivity contribution in [1.82, 2.24) is 9.80 Å². The van der Waals surface area contributed by atoms with Crippen molar-refractivity contribution < 1.29 is 9.53 Å². The lowest BCUT2D eigenvalue weighted by atomic mass is 9.87. The summed E-state index contributed by atoms with van der Waals surface area (Å²) in [7, 11) is 1.90. The van der Waals surface area contributed by atoms with Gasteiger partial charge in [0.25, 0.3) is 0 Å². The third-order valence-corrected chi connectivity index (χ3v) is 4.53. The molecule has 3 rings (SSSR count). The smallest absolute Gasteiger partial charge is 0.223 e. The molecule has 1 aromatic carbocycles. The number of rotatable bonds is 2. The van der Waals surface area contributed by atoms with Crippen LogP contribution in [0.1, 0.15) is 17.5 Å². The number of likely N-dealkylation sites (tertiary alicyclic amines) is 1. The van der Waals surface area contributed by atoms with Crippen molar-refractivity contribution in [3.63, 3.8) is 0 Å². The molecule has 2 aliphatic rings. The number of hydrogen-bond acceptors (Lipinski definition) is 3. The second-order valence-corrected chi connectivity index (χ2v) is 6.68. The Morgan fingerprint density at radius 3 is 2.90 bits per heavy atom. The van der Waals surface area contributed by atoms with E-state index in [2.05, 4.69) is 36.1 Å². The van der Waals surface area contributed by atoms with Crippen LogP contribution in [0.2, 0.25) is 0 Å². The van der Waals surface area contributed by atoms with E-state index in [0.717, 1.165) is 32.8 Å². The van der Waals surface area contributed by atoms with Gasteiger partial charge < -0.3 is 9.64 Å². The highest BCUT2D eigenvalue weighted by atomic mass is 16.5. The van der Waals surface area contributed by atoms with Gasteiger partial charge in [-0.15, -0.1) is 0 Å². The second-order valence-electron chi connectivity index (χ2n) is 6.68. The Hall–Kier alpha value is -1.39. The fourth-order valence-electron chi connectivity index (χ4n) is 3.59. The fourth-order valence-corrected chi connectivity index (χ4v) is 3.59. The number of aryl methyl sites for hydroxylation is 1. The van der Waals surface area contributed by atoms with E-state index in [1.807, 2.05) is 11.9 Å². The standard InChI is InChI=1S/C17H24N2O2/c1-14-4-3-5-15(8-14)10-19-6-7-21-13-17(12-19)9-16(20)18(2)11-17/h3-5,8H,6-7,9-13H2,1-2H3. The topological polar surface area (TPSA) is 32.8 Å². The summed E-state index contributed by atoms with van der Waals surface area (Å²) in [6.07, 6.45) is 0.619. The Morgan fingerprint density at radius 2 is 2.19 bits per heavy atom. The number of ether oxygens (including phenoxy) is 1. The highest BCUT2D eigenvalue weighted by Crippen LogP contribution is 2.33. The maximum Gasteiger partial charge on any atom is 0.223 e. The molecule has 0 N–H and O–H groups in total. The number of carbonyl (C=O) groups excluding carboxylic acids is 1. The van der Waals surface area contributed by atoms with Crippen LogP contribution < -0.4 is 0 Å². The largest absolute Gasteiger partial charge is 0.379 e. The maximum atomic E-state index is 11.9. The number of carbonyl (C=O) groups is 1. The van der Waals surface area contributed by atoms with Gasteiger partial charge in [-0.25, -0.2) is 0 Å². The molecular formula is C17H24N2O2. The van der Waals surface area contributed by atoms with Gasteiger partial charge in [-0.1, -0.05) is 29.8 Å². The summed E-state index contributed by atoms with van der Waals surface area (Å²) < 4.78 is 5.80. The number of hydrogen-bond donors (Lipinski definition) is 0. The molecule has 1 amide bonds. The summed E-state index contributed by atoms with van der Waals surface area (Å²) in [6.45, 7) is 7.21. The van der Waals surface area contributed by atoms with E-state index < -0.39 is 0 Å². The van der Waals surface area contributed by atoms with E-state index in [1.165, 1.54) is 11.1 Å². The Bertz CT molecular complexity index is 531. The van der Waals surface area contributed by atoms with Gasteiger partial charge in [0.05, 0.1) is 13.2 Å². The van der Waals surface area contributed by atoms with E-state index in [9.17, 15) is 4.79 Å². The summed E-state index contributed by atoms with van der Waals surface area (Å²) in [5.74, 6) is 0.246. The van der Waals surface area contributed by atoms with Crippen molar-refractivity contribution in [2.75, 3.05) is 39.9 Å². The van der Waals surface area contributed by atoms with Crippen LogP contribution in [0, 0.1) is 12.3 Å². The molecule has 21 heavy (non-hydrogen) atoms. The molecule has 1 atom stereocenters. The second kappa shape index (κ2) is 5.78. The lowest BCUT2D eigenvalue weighted by Gasteiger charge is -2.30.